The smallest absolute Gasteiger partial charge is 0.259 e. The Morgan fingerprint density at radius 3 is 2.43 bits per heavy atom. The molecular weight excluding hydrogens is 376 g/mol. The molecule has 6 nitrogen and oxygen atoms in total. The van der Waals surface area contributed by atoms with E-state index in [0.717, 1.165) is 6.29 Å². The normalized spacial score (nSPS) is 11.1. The summed E-state index contributed by atoms with van der Waals surface area (Å²) in [5.41, 5.74) is 9.96. The summed E-state index contributed by atoms with van der Waals surface area (Å²) in [7, 11) is 0. The third kappa shape index (κ3) is 4.72. The van der Waals surface area contributed by atoms with Crippen molar-refractivity contribution in [3.8, 4) is 0 Å². The Morgan fingerprint density at radius 2 is 1.80 bits per heavy atom. The van der Waals surface area contributed by atoms with Crippen LogP contribution in [0.5, 0.6) is 0 Å². The second-order valence-corrected chi connectivity index (χ2v) is 8.00. The van der Waals surface area contributed by atoms with Gasteiger partial charge in [-0.05, 0) is 46.9 Å². The number of anilines is 3. The predicted octanol–water partition coefficient (Wildman–Crippen LogP) is 4.65. The zero-order valence-electron chi connectivity index (χ0n) is 17.4. The van der Waals surface area contributed by atoms with E-state index in [1.54, 1.807) is 36.5 Å². The number of pyridine rings is 1. The number of nitrogens with two attached hydrogens (primary N) is 1. The van der Waals surface area contributed by atoms with Gasteiger partial charge in [0.2, 0.25) is 0 Å². The maximum absolute atomic E-state index is 12.9. The van der Waals surface area contributed by atoms with Crippen LogP contribution >= 0.6 is 0 Å². The topological polar surface area (TPSA) is 97.1 Å². The van der Waals surface area contributed by atoms with Crippen molar-refractivity contribution in [2.24, 2.45) is 5.73 Å². The van der Waals surface area contributed by atoms with Crippen molar-refractivity contribution in [2.75, 3.05) is 10.6 Å². The van der Waals surface area contributed by atoms with E-state index >= 15 is 0 Å². The molecule has 0 radical (unpaired) electrons. The lowest BCUT2D eigenvalue weighted by Gasteiger charge is -2.19. The van der Waals surface area contributed by atoms with Crippen LogP contribution < -0.4 is 16.4 Å². The lowest BCUT2D eigenvalue weighted by Crippen LogP contribution is -2.16. The second-order valence-electron chi connectivity index (χ2n) is 8.00. The molecule has 2 aromatic carbocycles. The maximum atomic E-state index is 12.9. The number of aldehydes is 1. The van der Waals surface area contributed by atoms with Gasteiger partial charge in [0, 0.05) is 29.7 Å². The van der Waals surface area contributed by atoms with E-state index < -0.39 is 0 Å². The van der Waals surface area contributed by atoms with Gasteiger partial charge in [0.05, 0.1) is 5.56 Å². The Hall–Kier alpha value is -3.51. The zero-order valence-corrected chi connectivity index (χ0v) is 17.4. The molecule has 0 spiro atoms. The third-order valence-electron chi connectivity index (χ3n) is 4.86. The van der Waals surface area contributed by atoms with Crippen LogP contribution in [0.1, 0.15) is 52.6 Å². The van der Waals surface area contributed by atoms with Gasteiger partial charge in [-0.1, -0.05) is 45.0 Å². The minimum Gasteiger partial charge on any atom is -0.339 e. The summed E-state index contributed by atoms with van der Waals surface area (Å²) in [6.45, 7) is 6.61. The number of nitrogens with one attached hydrogen (secondary N) is 2. The summed E-state index contributed by atoms with van der Waals surface area (Å²) in [5, 5.41) is 6.07. The first kappa shape index (κ1) is 21.2. The summed E-state index contributed by atoms with van der Waals surface area (Å²) in [5.74, 6) is 0.106. The van der Waals surface area contributed by atoms with E-state index in [0.29, 0.717) is 33.9 Å². The van der Waals surface area contributed by atoms with E-state index in [-0.39, 0.29) is 17.9 Å². The van der Waals surface area contributed by atoms with Crippen LogP contribution in [-0.4, -0.2) is 17.2 Å². The third-order valence-corrected chi connectivity index (χ3v) is 4.86. The van der Waals surface area contributed by atoms with E-state index in [9.17, 15) is 9.59 Å². The number of hydrogen-bond acceptors (Lipinski definition) is 5. The Bertz CT molecular complexity index is 1050. The number of carbonyl (C=O) groups is 2. The molecule has 0 aliphatic carbocycles. The molecule has 30 heavy (non-hydrogen) atoms. The number of nitrogens with zero attached hydrogens (tertiary/aromatic N) is 1. The molecule has 0 saturated carbocycles. The van der Waals surface area contributed by atoms with Crippen LogP contribution in [0.3, 0.4) is 0 Å². The summed E-state index contributed by atoms with van der Waals surface area (Å²) < 4.78 is 0. The lowest BCUT2D eigenvalue weighted by molar-refractivity contribution is 0.102. The fourth-order valence-corrected chi connectivity index (χ4v) is 3.13. The van der Waals surface area contributed by atoms with Gasteiger partial charge in [0.25, 0.3) is 5.91 Å². The fourth-order valence-electron chi connectivity index (χ4n) is 3.13. The van der Waals surface area contributed by atoms with Crippen LogP contribution in [0.4, 0.5) is 17.2 Å². The molecule has 0 atom stereocenters. The highest BCUT2D eigenvalue weighted by Crippen LogP contribution is 2.26. The number of amides is 1. The van der Waals surface area contributed by atoms with Crippen LogP contribution in [0.25, 0.3) is 0 Å². The Balaban J connectivity index is 1.85. The number of carbonyl (C=O) groups excluding carboxylic acids is 2. The highest BCUT2D eigenvalue weighted by Gasteiger charge is 2.16. The van der Waals surface area contributed by atoms with Crippen molar-refractivity contribution in [1.29, 1.82) is 0 Å². The van der Waals surface area contributed by atoms with Crippen molar-refractivity contribution >= 4 is 29.4 Å². The number of benzene rings is 2. The molecular formula is C24H26N4O2. The van der Waals surface area contributed by atoms with Crippen molar-refractivity contribution in [1.82, 2.24) is 4.98 Å². The van der Waals surface area contributed by atoms with Gasteiger partial charge in [0.1, 0.15) is 12.1 Å². The molecule has 1 amide bonds. The van der Waals surface area contributed by atoms with Crippen molar-refractivity contribution < 1.29 is 9.59 Å². The molecule has 0 unspecified atom stereocenters. The van der Waals surface area contributed by atoms with Crippen molar-refractivity contribution in [3.63, 3.8) is 0 Å². The summed E-state index contributed by atoms with van der Waals surface area (Å²) >= 11 is 0. The molecule has 6 heteroatoms. The molecule has 3 aromatic rings. The molecule has 0 fully saturated rings. The van der Waals surface area contributed by atoms with Crippen molar-refractivity contribution in [2.45, 2.75) is 32.7 Å². The molecule has 154 valence electrons. The standard InChI is InChI=1S/C24H26N4O2/c1-24(2,3)17-9-11-18(12-10-17)27-23(30)19-7-5-13-26-22(19)28-21-8-4-6-16(15-29)20(21)14-25/h4-13,15H,14,25H2,1-3H3,(H,26,28)(H,27,30). The number of rotatable bonds is 6. The highest BCUT2D eigenvalue weighted by atomic mass is 16.1. The quantitative estimate of drug-likeness (QED) is 0.522. The van der Waals surface area contributed by atoms with Gasteiger partial charge in [-0.3, -0.25) is 9.59 Å². The van der Waals surface area contributed by atoms with Gasteiger partial charge < -0.3 is 16.4 Å². The second kappa shape index (κ2) is 8.88. The van der Waals surface area contributed by atoms with Crippen LogP contribution in [-0.2, 0) is 12.0 Å². The Kier molecular flexibility index (Phi) is 6.28. The fraction of sp³-hybridized carbons (Fsp3) is 0.208. The summed E-state index contributed by atoms with van der Waals surface area (Å²) in [4.78, 5) is 28.5. The van der Waals surface area contributed by atoms with Gasteiger partial charge in [-0.2, -0.15) is 0 Å². The monoisotopic (exact) mass is 402 g/mol. The first-order valence-electron chi connectivity index (χ1n) is 9.74. The summed E-state index contributed by atoms with van der Waals surface area (Å²) in [6.07, 6.45) is 2.36. The molecule has 0 saturated heterocycles. The largest absolute Gasteiger partial charge is 0.339 e. The van der Waals surface area contributed by atoms with Crippen LogP contribution in [0.2, 0.25) is 0 Å². The van der Waals surface area contributed by atoms with Gasteiger partial charge in [-0.25, -0.2) is 4.98 Å². The molecule has 0 bridgehead atoms. The van der Waals surface area contributed by atoms with Crippen LogP contribution in [0.15, 0.2) is 60.8 Å². The molecule has 1 heterocycles. The summed E-state index contributed by atoms with van der Waals surface area (Å²) in [6, 6.07) is 16.5. The molecule has 3 rings (SSSR count). The lowest BCUT2D eigenvalue weighted by atomic mass is 9.87. The van der Waals surface area contributed by atoms with E-state index in [2.05, 4.69) is 36.4 Å². The number of hydrogen-bond donors (Lipinski definition) is 3. The average Bonchev–Trinajstić information content (AvgIpc) is 2.73. The zero-order chi connectivity index (χ0) is 21.7. The Morgan fingerprint density at radius 1 is 1.07 bits per heavy atom. The van der Waals surface area contributed by atoms with Crippen molar-refractivity contribution in [3.05, 3.63) is 83.0 Å². The van der Waals surface area contributed by atoms with Crippen LogP contribution in [0, 0.1) is 0 Å². The number of aromatic nitrogens is 1. The van der Waals surface area contributed by atoms with Gasteiger partial charge in [-0.15, -0.1) is 0 Å². The minimum absolute atomic E-state index is 0.0414. The minimum atomic E-state index is -0.282. The first-order valence-corrected chi connectivity index (χ1v) is 9.74. The van der Waals surface area contributed by atoms with E-state index in [1.807, 2.05) is 24.3 Å². The molecule has 1 aromatic heterocycles. The molecule has 0 aliphatic rings. The first-order chi connectivity index (χ1) is 14.3. The molecule has 0 aliphatic heterocycles. The highest BCUT2D eigenvalue weighted by molar-refractivity contribution is 6.07. The Labute approximate surface area is 176 Å². The predicted molar refractivity (Wildman–Crippen MR) is 120 cm³/mol. The SMILES string of the molecule is CC(C)(C)c1ccc(NC(=O)c2cccnc2Nc2cccc(C=O)c2CN)cc1. The van der Waals surface area contributed by atoms with E-state index in [4.69, 9.17) is 5.73 Å². The average molecular weight is 402 g/mol. The van der Waals surface area contributed by atoms with Gasteiger partial charge >= 0.3 is 0 Å². The van der Waals surface area contributed by atoms with Gasteiger partial charge in [0.15, 0.2) is 0 Å². The molecule has 4 N–H and O–H groups in total. The maximum Gasteiger partial charge on any atom is 0.259 e. The van der Waals surface area contributed by atoms with E-state index in [1.165, 1.54) is 5.56 Å².